The lowest BCUT2D eigenvalue weighted by atomic mass is 9.94. The van der Waals surface area contributed by atoms with Gasteiger partial charge in [-0.05, 0) is 75.8 Å². The molecule has 0 amide bonds. The SMILES string of the molecule is c1cc(-c2cccc(-c3cccc4sc5ccccc5c34)c2)cc(-c2cccc3c2[nH]c2ccc(-c4cccc5c4oc4ccccc45)cc23)c1. The number of furan rings is 1. The third-order valence-electron chi connectivity index (χ3n) is 10.4. The van der Waals surface area contributed by atoms with Crippen molar-refractivity contribution in [3.8, 4) is 44.5 Å². The summed E-state index contributed by atoms with van der Waals surface area (Å²) in [6, 6.07) is 61.4. The first-order valence-corrected chi connectivity index (χ1v) is 18.2. The third-order valence-corrected chi connectivity index (χ3v) is 11.6. The molecular formula is C48H29NOS. The standard InChI is InChI=1S/C48H29NOS/c1-3-21-43-37(14-1)39-20-8-18-36(48(39)50-43)33-24-25-42-41(28-33)38-19-7-17-35(47(38)49-42)32-13-6-11-30(27-32)29-10-5-12-31(26-29)34-16-9-23-45-46(34)40-15-2-4-22-44(40)51-45/h1-28,49H. The van der Waals surface area contributed by atoms with Crippen LogP contribution in [-0.4, -0.2) is 4.98 Å². The maximum atomic E-state index is 6.40. The largest absolute Gasteiger partial charge is 0.455 e. The second kappa shape index (κ2) is 11.0. The van der Waals surface area contributed by atoms with E-state index in [0.29, 0.717) is 0 Å². The molecule has 1 N–H and O–H groups in total. The molecule has 0 aliphatic heterocycles. The number of hydrogen-bond acceptors (Lipinski definition) is 2. The van der Waals surface area contributed by atoms with E-state index >= 15 is 0 Å². The fourth-order valence-electron chi connectivity index (χ4n) is 8.05. The van der Waals surface area contributed by atoms with Gasteiger partial charge in [-0.2, -0.15) is 0 Å². The predicted molar refractivity (Wildman–Crippen MR) is 218 cm³/mol. The Balaban J connectivity index is 1.01. The Hall–Kier alpha value is -6.42. The molecule has 0 aliphatic rings. The van der Waals surface area contributed by atoms with Crippen molar-refractivity contribution >= 4 is 75.3 Å². The lowest BCUT2D eigenvalue weighted by Crippen LogP contribution is -1.85. The van der Waals surface area contributed by atoms with E-state index < -0.39 is 0 Å². The molecule has 2 nitrogen and oxygen atoms in total. The van der Waals surface area contributed by atoms with Crippen molar-refractivity contribution in [2.75, 3.05) is 0 Å². The Labute approximate surface area is 297 Å². The van der Waals surface area contributed by atoms with E-state index in [1.165, 1.54) is 64.3 Å². The van der Waals surface area contributed by atoms with Crippen LogP contribution >= 0.6 is 11.3 Å². The summed E-state index contributed by atoms with van der Waals surface area (Å²) in [5, 5.41) is 7.38. The Morgan fingerprint density at radius 2 is 1.00 bits per heavy atom. The zero-order valence-corrected chi connectivity index (χ0v) is 28.3. The van der Waals surface area contributed by atoms with Crippen LogP contribution in [0.5, 0.6) is 0 Å². The number of benzene rings is 8. The molecule has 0 aliphatic carbocycles. The summed E-state index contributed by atoms with van der Waals surface area (Å²) in [7, 11) is 0. The molecule has 0 atom stereocenters. The molecule has 0 spiro atoms. The summed E-state index contributed by atoms with van der Waals surface area (Å²) in [6.45, 7) is 0. The van der Waals surface area contributed by atoms with Crippen LogP contribution in [0.3, 0.4) is 0 Å². The molecule has 3 heterocycles. The molecule has 11 rings (SSSR count). The normalized spacial score (nSPS) is 11.9. The topological polar surface area (TPSA) is 28.9 Å². The van der Waals surface area contributed by atoms with Crippen LogP contribution in [0, 0.1) is 0 Å². The van der Waals surface area contributed by atoms with Crippen molar-refractivity contribution in [3.63, 3.8) is 0 Å². The first kappa shape index (κ1) is 28.4. The quantitative estimate of drug-likeness (QED) is 0.199. The Morgan fingerprint density at radius 3 is 1.86 bits per heavy atom. The molecule has 51 heavy (non-hydrogen) atoms. The van der Waals surface area contributed by atoms with Gasteiger partial charge in [0, 0.05) is 58.4 Å². The number of hydrogen-bond donors (Lipinski definition) is 1. The molecule has 3 aromatic heterocycles. The lowest BCUT2D eigenvalue weighted by molar-refractivity contribution is 0.670. The third kappa shape index (κ3) is 4.42. The molecule has 0 unspecified atom stereocenters. The molecule has 238 valence electrons. The van der Waals surface area contributed by atoms with Gasteiger partial charge in [0.15, 0.2) is 0 Å². The number of aromatic nitrogens is 1. The molecule has 0 radical (unpaired) electrons. The van der Waals surface area contributed by atoms with Gasteiger partial charge in [0.1, 0.15) is 11.2 Å². The van der Waals surface area contributed by atoms with Gasteiger partial charge >= 0.3 is 0 Å². The zero-order valence-electron chi connectivity index (χ0n) is 27.5. The predicted octanol–water partition coefficient (Wildman–Crippen LogP) is 14.3. The van der Waals surface area contributed by atoms with Crippen LogP contribution in [0.1, 0.15) is 0 Å². The second-order valence-corrected chi connectivity index (χ2v) is 14.4. The maximum Gasteiger partial charge on any atom is 0.143 e. The molecular weight excluding hydrogens is 639 g/mol. The van der Waals surface area contributed by atoms with E-state index in [1.807, 2.05) is 23.5 Å². The Bertz CT molecular complexity index is 3160. The van der Waals surface area contributed by atoms with Crippen molar-refractivity contribution in [2.24, 2.45) is 0 Å². The first-order chi connectivity index (χ1) is 25.3. The number of aromatic amines is 1. The van der Waals surface area contributed by atoms with Gasteiger partial charge in [0.05, 0.1) is 5.52 Å². The van der Waals surface area contributed by atoms with Crippen LogP contribution in [0.4, 0.5) is 0 Å². The highest BCUT2D eigenvalue weighted by Crippen LogP contribution is 2.42. The second-order valence-electron chi connectivity index (χ2n) is 13.3. The molecule has 0 saturated carbocycles. The summed E-state index contributed by atoms with van der Waals surface area (Å²) < 4.78 is 9.05. The fourth-order valence-corrected chi connectivity index (χ4v) is 9.18. The van der Waals surface area contributed by atoms with Crippen molar-refractivity contribution in [2.45, 2.75) is 0 Å². The molecule has 11 aromatic rings. The van der Waals surface area contributed by atoms with Gasteiger partial charge in [0.25, 0.3) is 0 Å². The smallest absolute Gasteiger partial charge is 0.143 e. The lowest BCUT2D eigenvalue weighted by Gasteiger charge is -2.10. The summed E-state index contributed by atoms with van der Waals surface area (Å²) in [5.74, 6) is 0. The summed E-state index contributed by atoms with van der Waals surface area (Å²) in [4.78, 5) is 3.78. The minimum atomic E-state index is 0.917. The van der Waals surface area contributed by atoms with Crippen LogP contribution in [-0.2, 0) is 0 Å². The van der Waals surface area contributed by atoms with Gasteiger partial charge in [-0.15, -0.1) is 11.3 Å². The average Bonchev–Trinajstić information content (AvgIpc) is 3.89. The van der Waals surface area contributed by atoms with E-state index in [1.54, 1.807) is 0 Å². The molecule has 0 saturated heterocycles. The summed E-state index contributed by atoms with van der Waals surface area (Å²) in [6.07, 6.45) is 0. The monoisotopic (exact) mass is 667 g/mol. The Kier molecular flexibility index (Phi) is 6.16. The van der Waals surface area contributed by atoms with Crippen LogP contribution in [0.25, 0.3) is 108 Å². The number of nitrogens with one attached hydrogen (secondary N) is 1. The number of thiophene rings is 1. The van der Waals surface area contributed by atoms with E-state index in [9.17, 15) is 0 Å². The van der Waals surface area contributed by atoms with Crippen molar-refractivity contribution < 1.29 is 4.42 Å². The van der Waals surface area contributed by atoms with Gasteiger partial charge in [-0.3, -0.25) is 0 Å². The molecule has 8 aromatic carbocycles. The summed E-state index contributed by atoms with van der Waals surface area (Å²) >= 11 is 1.87. The number of fused-ring (bicyclic) bond motifs is 9. The van der Waals surface area contributed by atoms with Gasteiger partial charge in [0.2, 0.25) is 0 Å². The minimum absolute atomic E-state index is 0.917. The van der Waals surface area contributed by atoms with Gasteiger partial charge in [-0.1, -0.05) is 127 Å². The summed E-state index contributed by atoms with van der Waals surface area (Å²) in [5.41, 5.74) is 13.7. The molecule has 0 bridgehead atoms. The Morgan fingerprint density at radius 1 is 0.392 bits per heavy atom. The minimum Gasteiger partial charge on any atom is -0.455 e. The van der Waals surface area contributed by atoms with Crippen LogP contribution in [0.2, 0.25) is 0 Å². The van der Waals surface area contributed by atoms with Gasteiger partial charge in [-0.25, -0.2) is 0 Å². The van der Waals surface area contributed by atoms with E-state index in [0.717, 1.165) is 44.1 Å². The van der Waals surface area contributed by atoms with Crippen LogP contribution < -0.4 is 0 Å². The first-order valence-electron chi connectivity index (χ1n) is 17.3. The van der Waals surface area contributed by atoms with Crippen molar-refractivity contribution in [1.29, 1.82) is 0 Å². The van der Waals surface area contributed by atoms with Crippen molar-refractivity contribution in [1.82, 2.24) is 4.98 Å². The highest BCUT2D eigenvalue weighted by molar-refractivity contribution is 7.25. The van der Waals surface area contributed by atoms with E-state index in [-0.39, 0.29) is 0 Å². The van der Waals surface area contributed by atoms with Crippen molar-refractivity contribution in [3.05, 3.63) is 170 Å². The molecule has 3 heteroatoms. The molecule has 0 fully saturated rings. The highest BCUT2D eigenvalue weighted by atomic mass is 32.1. The fraction of sp³-hybridized carbons (Fsp3) is 0. The maximum absolute atomic E-state index is 6.40. The van der Waals surface area contributed by atoms with Gasteiger partial charge < -0.3 is 9.40 Å². The number of H-pyrrole nitrogens is 1. The van der Waals surface area contributed by atoms with E-state index in [4.69, 9.17) is 4.42 Å². The average molecular weight is 668 g/mol. The zero-order chi connectivity index (χ0) is 33.5. The van der Waals surface area contributed by atoms with Crippen LogP contribution in [0.15, 0.2) is 174 Å². The van der Waals surface area contributed by atoms with E-state index in [2.05, 4.69) is 163 Å². The number of para-hydroxylation sites is 3. The number of rotatable bonds is 4. The highest BCUT2D eigenvalue weighted by Gasteiger charge is 2.16.